The first-order valence-corrected chi connectivity index (χ1v) is 5.87. The Hall–Kier alpha value is -1.44. The van der Waals surface area contributed by atoms with E-state index in [1.54, 1.807) is 6.26 Å². The van der Waals surface area contributed by atoms with Crippen molar-refractivity contribution in [1.82, 2.24) is 0 Å². The molecule has 0 aliphatic carbocycles. The van der Waals surface area contributed by atoms with E-state index in [2.05, 4.69) is 6.92 Å². The lowest BCUT2D eigenvalue weighted by atomic mass is 10.2. The van der Waals surface area contributed by atoms with Gasteiger partial charge in [0.15, 0.2) is 0 Å². The van der Waals surface area contributed by atoms with E-state index in [9.17, 15) is 0 Å². The van der Waals surface area contributed by atoms with Crippen molar-refractivity contribution in [2.75, 3.05) is 13.2 Å². The number of hydrogen-bond acceptors (Lipinski definition) is 2. The van der Waals surface area contributed by atoms with Gasteiger partial charge in [0.05, 0.1) is 19.5 Å². The Bertz CT molecular complexity index is 318. The maximum atomic E-state index is 5.62. The molecule has 16 heavy (non-hydrogen) atoms. The minimum atomic E-state index is 0.698. The van der Waals surface area contributed by atoms with Crippen LogP contribution >= 0.6 is 0 Å². The summed E-state index contributed by atoms with van der Waals surface area (Å²) in [5.41, 5.74) is 1.10. The Kier molecular flexibility index (Phi) is 6.16. The summed E-state index contributed by atoms with van der Waals surface area (Å²) in [4.78, 5) is 0. The molecule has 0 spiro atoms. The summed E-state index contributed by atoms with van der Waals surface area (Å²) in [6, 6.07) is 8.02. The van der Waals surface area contributed by atoms with Crippen LogP contribution in [0, 0.1) is 0 Å². The normalized spacial score (nSPS) is 10.6. The summed E-state index contributed by atoms with van der Waals surface area (Å²) < 4.78 is 10.8. The fraction of sp³-hybridized carbons (Fsp3) is 0.429. The molecule has 0 aliphatic rings. The molecule has 0 unspecified atom stereocenters. The van der Waals surface area contributed by atoms with Crippen LogP contribution in [-0.4, -0.2) is 13.2 Å². The molecule has 0 bridgehead atoms. The largest absolute Gasteiger partial charge is 0.501 e. The Labute approximate surface area is 97.9 Å². The van der Waals surface area contributed by atoms with Crippen molar-refractivity contribution in [1.29, 1.82) is 0 Å². The Balaban J connectivity index is 2.50. The second-order valence-corrected chi connectivity index (χ2v) is 3.53. The lowest BCUT2D eigenvalue weighted by molar-refractivity contribution is 0.272. The molecule has 1 aromatic rings. The predicted octanol–water partition coefficient (Wildman–Crippen LogP) is 3.87. The summed E-state index contributed by atoms with van der Waals surface area (Å²) in [5, 5.41) is 0. The van der Waals surface area contributed by atoms with Crippen molar-refractivity contribution in [3.8, 4) is 5.75 Å². The lowest BCUT2D eigenvalue weighted by Crippen LogP contribution is -1.96. The van der Waals surface area contributed by atoms with Gasteiger partial charge in [0.1, 0.15) is 5.75 Å². The van der Waals surface area contributed by atoms with Gasteiger partial charge < -0.3 is 9.47 Å². The van der Waals surface area contributed by atoms with Crippen molar-refractivity contribution in [2.24, 2.45) is 0 Å². The topological polar surface area (TPSA) is 18.5 Å². The molecule has 1 rings (SSSR count). The molecule has 0 saturated heterocycles. The molecular weight excluding hydrogens is 200 g/mol. The van der Waals surface area contributed by atoms with Gasteiger partial charge in [0, 0.05) is 0 Å². The minimum Gasteiger partial charge on any atom is -0.501 e. The van der Waals surface area contributed by atoms with E-state index in [0.717, 1.165) is 30.8 Å². The van der Waals surface area contributed by atoms with Crippen LogP contribution in [0.15, 0.2) is 30.5 Å². The standard InChI is InChI=1S/C14H20O2/c1-3-5-10-16-14-8-6-7-13(12-14)9-11-15-4-2/h6-9,11-12H,3-5,10H2,1-2H3. The van der Waals surface area contributed by atoms with Crippen LogP contribution in [0.2, 0.25) is 0 Å². The Morgan fingerprint density at radius 3 is 2.88 bits per heavy atom. The fourth-order valence-electron chi connectivity index (χ4n) is 1.27. The van der Waals surface area contributed by atoms with Gasteiger partial charge in [-0.15, -0.1) is 0 Å². The molecule has 0 radical (unpaired) electrons. The second kappa shape index (κ2) is 7.80. The van der Waals surface area contributed by atoms with E-state index in [1.807, 2.05) is 37.3 Å². The van der Waals surface area contributed by atoms with Gasteiger partial charge in [-0.1, -0.05) is 25.5 Å². The van der Waals surface area contributed by atoms with E-state index < -0.39 is 0 Å². The maximum Gasteiger partial charge on any atom is 0.119 e. The summed E-state index contributed by atoms with van der Waals surface area (Å²) in [7, 11) is 0. The van der Waals surface area contributed by atoms with Crippen molar-refractivity contribution in [2.45, 2.75) is 26.7 Å². The van der Waals surface area contributed by atoms with Crippen LogP contribution in [0.25, 0.3) is 6.08 Å². The second-order valence-electron chi connectivity index (χ2n) is 3.53. The van der Waals surface area contributed by atoms with Crippen molar-refractivity contribution < 1.29 is 9.47 Å². The highest BCUT2D eigenvalue weighted by atomic mass is 16.5. The highest BCUT2D eigenvalue weighted by Crippen LogP contribution is 2.14. The summed E-state index contributed by atoms with van der Waals surface area (Å²) in [6.07, 6.45) is 5.91. The molecule has 2 nitrogen and oxygen atoms in total. The SMILES string of the molecule is CCCCOc1cccc(C=COCC)c1. The van der Waals surface area contributed by atoms with Crippen LogP contribution in [0.1, 0.15) is 32.3 Å². The zero-order valence-electron chi connectivity index (χ0n) is 10.1. The first-order valence-electron chi connectivity index (χ1n) is 5.87. The number of hydrogen-bond donors (Lipinski definition) is 0. The first-order chi connectivity index (χ1) is 7.86. The zero-order chi connectivity index (χ0) is 11.6. The van der Waals surface area contributed by atoms with Crippen LogP contribution in [0.4, 0.5) is 0 Å². The summed E-state index contributed by atoms with van der Waals surface area (Å²) >= 11 is 0. The van der Waals surface area contributed by atoms with Crippen LogP contribution in [-0.2, 0) is 4.74 Å². The van der Waals surface area contributed by atoms with Crippen LogP contribution < -0.4 is 4.74 Å². The predicted molar refractivity (Wildman–Crippen MR) is 67.5 cm³/mol. The van der Waals surface area contributed by atoms with E-state index in [4.69, 9.17) is 9.47 Å². The molecule has 1 aromatic carbocycles. The average molecular weight is 220 g/mol. The molecule has 88 valence electrons. The number of rotatable bonds is 7. The van der Waals surface area contributed by atoms with Crippen molar-refractivity contribution >= 4 is 6.08 Å². The number of unbranched alkanes of at least 4 members (excludes halogenated alkanes) is 1. The highest BCUT2D eigenvalue weighted by Gasteiger charge is 1.94. The van der Waals surface area contributed by atoms with Crippen LogP contribution in [0.5, 0.6) is 5.75 Å². The number of ether oxygens (including phenoxy) is 2. The Morgan fingerprint density at radius 1 is 1.25 bits per heavy atom. The van der Waals surface area contributed by atoms with Gasteiger partial charge in [0.25, 0.3) is 0 Å². The highest BCUT2D eigenvalue weighted by molar-refractivity contribution is 5.50. The zero-order valence-corrected chi connectivity index (χ0v) is 10.1. The van der Waals surface area contributed by atoms with E-state index in [0.29, 0.717) is 6.61 Å². The van der Waals surface area contributed by atoms with Crippen molar-refractivity contribution in [3.05, 3.63) is 36.1 Å². The molecule has 0 heterocycles. The van der Waals surface area contributed by atoms with Crippen molar-refractivity contribution in [3.63, 3.8) is 0 Å². The molecule has 0 saturated carbocycles. The van der Waals surface area contributed by atoms with Gasteiger partial charge in [-0.05, 0) is 37.1 Å². The average Bonchev–Trinajstić information content (AvgIpc) is 2.30. The molecule has 0 fully saturated rings. The molecular formula is C14H20O2. The quantitative estimate of drug-likeness (QED) is 0.513. The molecule has 0 aromatic heterocycles. The Morgan fingerprint density at radius 2 is 2.12 bits per heavy atom. The van der Waals surface area contributed by atoms with Crippen LogP contribution in [0.3, 0.4) is 0 Å². The van der Waals surface area contributed by atoms with E-state index >= 15 is 0 Å². The molecule has 0 atom stereocenters. The maximum absolute atomic E-state index is 5.62. The smallest absolute Gasteiger partial charge is 0.119 e. The van der Waals surface area contributed by atoms with E-state index in [1.165, 1.54) is 0 Å². The van der Waals surface area contributed by atoms with Gasteiger partial charge in [-0.3, -0.25) is 0 Å². The summed E-state index contributed by atoms with van der Waals surface area (Å²) in [6.45, 7) is 5.61. The minimum absolute atomic E-state index is 0.698. The van der Waals surface area contributed by atoms with Gasteiger partial charge >= 0.3 is 0 Å². The molecule has 0 aliphatic heterocycles. The third-order valence-electron chi connectivity index (χ3n) is 2.15. The van der Waals surface area contributed by atoms with Gasteiger partial charge in [-0.2, -0.15) is 0 Å². The third-order valence-corrected chi connectivity index (χ3v) is 2.15. The summed E-state index contributed by atoms with van der Waals surface area (Å²) in [5.74, 6) is 0.923. The number of benzene rings is 1. The molecule has 0 amide bonds. The molecule has 2 heteroatoms. The van der Waals surface area contributed by atoms with Gasteiger partial charge in [-0.25, -0.2) is 0 Å². The fourth-order valence-corrected chi connectivity index (χ4v) is 1.27. The third kappa shape index (κ3) is 4.87. The first kappa shape index (κ1) is 12.6. The van der Waals surface area contributed by atoms with E-state index in [-0.39, 0.29) is 0 Å². The monoisotopic (exact) mass is 220 g/mol. The lowest BCUT2D eigenvalue weighted by Gasteiger charge is -2.05. The molecule has 0 N–H and O–H groups in total. The van der Waals surface area contributed by atoms with Gasteiger partial charge in [0.2, 0.25) is 0 Å².